The summed E-state index contributed by atoms with van der Waals surface area (Å²) in [6.07, 6.45) is 0. The molecule has 35 heavy (non-hydrogen) atoms. The molecule has 0 aliphatic carbocycles. The van der Waals surface area contributed by atoms with Crippen molar-refractivity contribution in [3.8, 4) is 5.75 Å². The first kappa shape index (κ1) is 24.8. The average molecular weight is 530 g/mol. The van der Waals surface area contributed by atoms with Crippen molar-refractivity contribution in [1.29, 1.82) is 0 Å². The van der Waals surface area contributed by atoms with Crippen LogP contribution in [-0.2, 0) is 9.59 Å². The second kappa shape index (κ2) is 9.74. The molecule has 0 spiro atoms. The smallest absolute Gasteiger partial charge is 0.343 e. The molecule has 0 saturated carbocycles. The van der Waals surface area contributed by atoms with Crippen LogP contribution in [0.4, 0.5) is 11.4 Å². The molecule has 4 rings (SSSR count). The van der Waals surface area contributed by atoms with Gasteiger partial charge in [-0.05, 0) is 86.0 Å². The molecule has 1 aliphatic rings. The SMILES string of the molecule is Cc1cc(C)c(C)c(OC(=O)c2ccc(NC3=C(Cl)C(=O)N(c4ccc(Cl)c(Cl)c4)C3=O)cc2)c1. The number of esters is 1. The van der Waals surface area contributed by atoms with Crippen molar-refractivity contribution in [1.82, 2.24) is 0 Å². The quantitative estimate of drug-likeness (QED) is 0.230. The lowest BCUT2D eigenvalue weighted by Gasteiger charge is -2.16. The van der Waals surface area contributed by atoms with Gasteiger partial charge in [-0.1, -0.05) is 40.9 Å². The number of amides is 2. The van der Waals surface area contributed by atoms with Crippen LogP contribution >= 0.6 is 34.8 Å². The first-order valence-electron chi connectivity index (χ1n) is 10.5. The van der Waals surface area contributed by atoms with Crippen LogP contribution in [0, 0.1) is 20.8 Å². The van der Waals surface area contributed by atoms with Crippen molar-refractivity contribution in [2.24, 2.45) is 0 Å². The molecule has 1 N–H and O–H groups in total. The van der Waals surface area contributed by atoms with Gasteiger partial charge in [0.25, 0.3) is 11.8 Å². The number of imide groups is 1. The zero-order valence-corrected chi connectivity index (χ0v) is 21.2. The molecule has 6 nitrogen and oxygen atoms in total. The lowest BCUT2D eigenvalue weighted by molar-refractivity contribution is -0.120. The van der Waals surface area contributed by atoms with Gasteiger partial charge in [-0.15, -0.1) is 0 Å². The summed E-state index contributed by atoms with van der Waals surface area (Å²) in [5.74, 6) is -1.35. The zero-order valence-electron chi connectivity index (χ0n) is 18.9. The van der Waals surface area contributed by atoms with E-state index in [0.717, 1.165) is 21.6 Å². The molecule has 0 atom stereocenters. The van der Waals surface area contributed by atoms with Crippen molar-refractivity contribution in [2.75, 3.05) is 10.2 Å². The molecule has 2 amide bonds. The molecule has 1 aliphatic heterocycles. The van der Waals surface area contributed by atoms with E-state index >= 15 is 0 Å². The van der Waals surface area contributed by atoms with E-state index in [-0.39, 0.29) is 21.4 Å². The van der Waals surface area contributed by atoms with Crippen LogP contribution in [-0.4, -0.2) is 17.8 Å². The Morgan fingerprint density at radius 1 is 0.857 bits per heavy atom. The number of rotatable bonds is 5. The minimum absolute atomic E-state index is 0.0936. The molecule has 0 radical (unpaired) electrons. The van der Waals surface area contributed by atoms with Gasteiger partial charge in [0.15, 0.2) is 0 Å². The maximum atomic E-state index is 12.9. The van der Waals surface area contributed by atoms with E-state index in [1.54, 1.807) is 24.3 Å². The van der Waals surface area contributed by atoms with Gasteiger partial charge in [0, 0.05) is 5.69 Å². The number of aryl methyl sites for hydroxylation is 2. The number of anilines is 2. The number of halogens is 3. The molecule has 3 aromatic carbocycles. The summed E-state index contributed by atoms with van der Waals surface area (Å²) >= 11 is 18.1. The average Bonchev–Trinajstić information content (AvgIpc) is 3.02. The van der Waals surface area contributed by atoms with E-state index in [4.69, 9.17) is 39.5 Å². The van der Waals surface area contributed by atoms with Crippen molar-refractivity contribution in [2.45, 2.75) is 20.8 Å². The first-order valence-corrected chi connectivity index (χ1v) is 11.6. The number of nitrogens with one attached hydrogen (secondary N) is 1. The monoisotopic (exact) mass is 528 g/mol. The molecule has 3 aromatic rings. The minimum Gasteiger partial charge on any atom is -0.423 e. The Labute approximate surface area is 217 Å². The van der Waals surface area contributed by atoms with Crippen LogP contribution < -0.4 is 15.0 Å². The highest BCUT2D eigenvalue weighted by molar-refractivity contribution is 6.53. The van der Waals surface area contributed by atoms with Gasteiger partial charge >= 0.3 is 5.97 Å². The Hall–Kier alpha value is -3.32. The van der Waals surface area contributed by atoms with Gasteiger partial charge in [0.05, 0.1) is 21.3 Å². The third kappa shape index (κ3) is 4.91. The Bertz CT molecular complexity index is 1410. The highest BCUT2D eigenvalue weighted by atomic mass is 35.5. The predicted molar refractivity (Wildman–Crippen MR) is 138 cm³/mol. The topological polar surface area (TPSA) is 75.7 Å². The van der Waals surface area contributed by atoms with E-state index in [9.17, 15) is 14.4 Å². The molecule has 0 bridgehead atoms. The van der Waals surface area contributed by atoms with Crippen molar-refractivity contribution < 1.29 is 19.1 Å². The van der Waals surface area contributed by atoms with Crippen molar-refractivity contribution in [3.05, 3.63) is 97.6 Å². The molecular formula is C26H19Cl3N2O4. The molecule has 0 fully saturated rings. The number of nitrogens with zero attached hydrogens (tertiary/aromatic N) is 1. The van der Waals surface area contributed by atoms with Crippen LogP contribution in [0.2, 0.25) is 10.0 Å². The minimum atomic E-state index is -0.693. The van der Waals surface area contributed by atoms with Crippen LogP contribution in [0.3, 0.4) is 0 Å². The predicted octanol–water partition coefficient (Wildman–Crippen LogP) is 6.57. The number of ether oxygens (including phenoxy) is 1. The maximum absolute atomic E-state index is 12.9. The lowest BCUT2D eigenvalue weighted by atomic mass is 10.1. The molecule has 9 heteroatoms. The number of hydrogen-bond donors (Lipinski definition) is 1. The van der Waals surface area contributed by atoms with Crippen molar-refractivity contribution >= 4 is 64.0 Å². The first-order chi connectivity index (χ1) is 16.6. The summed E-state index contributed by atoms with van der Waals surface area (Å²) in [6, 6.07) is 14.5. The van der Waals surface area contributed by atoms with E-state index < -0.39 is 17.8 Å². The van der Waals surface area contributed by atoms with Crippen LogP contribution in [0.25, 0.3) is 0 Å². The molecule has 0 aromatic heterocycles. The largest absolute Gasteiger partial charge is 0.423 e. The Balaban J connectivity index is 1.50. The Morgan fingerprint density at radius 2 is 1.54 bits per heavy atom. The second-order valence-corrected chi connectivity index (χ2v) is 9.22. The third-order valence-corrected chi connectivity index (χ3v) is 6.64. The highest BCUT2D eigenvalue weighted by Crippen LogP contribution is 2.33. The zero-order chi connectivity index (χ0) is 25.4. The van der Waals surface area contributed by atoms with Gasteiger partial charge in [-0.25, -0.2) is 9.69 Å². The van der Waals surface area contributed by atoms with E-state index in [2.05, 4.69) is 5.32 Å². The summed E-state index contributed by atoms with van der Waals surface area (Å²) in [5, 5.41) is 3.08. The summed E-state index contributed by atoms with van der Waals surface area (Å²) in [6.45, 7) is 5.78. The molecular weight excluding hydrogens is 511 g/mol. The van der Waals surface area contributed by atoms with Crippen LogP contribution in [0.1, 0.15) is 27.0 Å². The Kier molecular flexibility index (Phi) is 6.90. The van der Waals surface area contributed by atoms with E-state index in [1.165, 1.54) is 18.2 Å². The fraction of sp³-hybridized carbons (Fsp3) is 0.115. The number of benzene rings is 3. The number of carbonyl (C=O) groups is 3. The van der Waals surface area contributed by atoms with Crippen LogP contribution in [0.5, 0.6) is 5.75 Å². The summed E-state index contributed by atoms with van der Waals surface area (Å²) in [4.78, 5) is 39.1. The summed E-state index contributed by atoms with van der Waals surface area (Å²) in [5.41, 5.74) is 3.83. The van der Waals surface area contributed by atoms with Gasteiger partial charge < -0.3 is 10.1 Å². The summed E-state index contributed by atoms with van der Waals surface area (Å²) < 4.78 is 5.58. The molecule has 0 unspecified atom stereocenters. The fourth-order valence-corrected chi connectivity index (χ4v) is 4.07. The lowest BCUT2D eigenvalue weighted by Crippen LogP contribution is -2.32. The number of hydrogen-bond acceptors (Lipinski definition) is 5. The standard InChI is InChI=1S/C26H19Cl3N2O4/c1-13-10-14(2)15(3)21(11-13)35-26(34)16-4-6-17(7-5-16)30-23-22(29)24(32)31(25(23)33)18-8-9-19(27)20(28)12-18/h4-12,30H,1-3H3. The van der Waals surface area contributed by atoms with E-state index in [1.807, 2.05) is 32.9 Å². The van der Waals surface area contributed by atoms with Gasteiger partial charge in [-0.3, -0.25) is 9.59 Å². The second-order valence-electron chi connectivity index (χ2n) is 8.03. The molecule has 0 saturated heterocycles. The van der Waals surface area contributed by atoms with Crippen LogP contribution in [0.15, 0.2) is 65.3 Å². The van der Waals surface area contributed by atoms with Gasteiger partial charge in [0.2, 0.25) is 0 Å². The molecule has 1 heterocycles. The van der Waals surface area contributed by atoms with Gasteiger partial charge in [-0.2, -0.15) is 0 Å². The third-order valence-electron chi connectivity index (χ3n) is 5.55. The Morgan fingerprint density at radius 3 is 2.20 bits per heavy atom. The van der Waals surface area contributed by atoms with E-state index in [0.29, 0.717) is 22.0 Å². The normalized spacial score (nSPS) is 13.5. The highest BCUT2D eigenvalue weighted by Gasteiger charge is 2.39. The summed E-state index contributed by atoms with van der Waals surface area (Å²) in [7, 11) is 0. The van der Waals surface area contributed by atoms with Gasteiger partial charge in [0.1, 0.15) is 16.5 Å². The number of carbonyl (C=O) groups excluding carboxylic acids is 3. The van der Waals surface area contributed by atoms with Crippen molar-refractivity contribution in [3.63, 3.8) is 0 Å². The fourth-order valence-electron chi connectivity index (χ4n) is 3.57. The molecule has 178 valence electrons. The maximum Gasteiger partial charge on any atom is 0.343 e.